The van der Waals surface area contributed by atoms with E-state index in [0.717, 1.165) is 45.2 Å². The molecule has 1 aliphatic heterocycles. The number of ketones is 1. The van der Waals surface area contributed by atoms with Crippen LogP contribution in [-0.4, -0.2) is 20.9 Å². The lowest BCUT2D eigenvalue weighted by Crippen LogP contribution is -2.07. The number of thioether (sulfide) groups is 1. The molecule has 4 heteroatoms. The van der Waals surface area contributed by atoms with Crippen molar-refractivity contribution in [3.8, 4) is 11.3 Å². The number of pyridine rings is 1. The molecule has 0 bridgehead atoms. The minimum Gasteiger partial charge on any atom is -0.303 e. The first-order valence-electron chi connectivity index (χ1n) is 8.52. The van der Waals surface area contributed by atoms with E-state index in [9.17, 15) is 4.79 Å². The molecule has 0 saturated carbocycles. The van der Waals surface area contributed by atoms with Gasteiger partial charge >= 0.3 is 0 Å². The van der Waals surface area contributed by atoms with Crippen molar-refractivity contribution in [3.05, 3.63) is 70.4 Å². The van der Waals surface area contributed by atoms with Crippen molar-refractivity contribution >= 4 is 23.2 Å². The Kier molecular flexibility index (Phi) is 4.22. The van der Waals surface area contributed by atoms with E-state index < -0.39 is 0 Å². The van der Waals surface area contributed by atoms with E-state index in [1.165, 1.54) is 5.56 Å². The number of imidazole rings is 1. The second kappa shape index (κ2) is 6.52. The molecule has 0 amide bonds. The van der Waals surface area contributed by atoms with Crippen molar-refractivity contribution in [2.24, 2.45) is 0 Å². The number of carbonyl (C=O) groups excluding carboxylic acids is 1. The molecule has 4 rings (SSSR count). The number of Topliss-reactive ketones (excluding diaryl/α,β-unsaturated/α-hetero) is 1. The Bertz CT molecular complexity index is 983. The minimum atomic E-state index is 0.194. The second-order valence-electron chi connectivity index (χ2n) is 6.51. The molecule has 0 N–H and O–H groups in total. The highest BCUT2D eigenvalue weighted by Gasteiger charge is 2.21. The molecule has 0 radical (unpaired) electrons. The molecule has 126 valence electrons. The predicted molar refractivity (Wildman–Crippen MR) is 104 cm³/mol. The third kappa shape index (κ3) is 3.14. The van der Waals surface area contributed by atoms with Gasteiger partial charge in [-0.3, -0.25) is 4.79 Å². The Labute approximate surface area is 151 Å². The van der Waals surface area contributed by atoms with E-state index >= 15 is 0 Å². The van der Waals surface area contributed by atoms with Gasteiger partial charge in [0, 0.05) is 22.4 Å². The van der Waals surface area contributed by atoms with Gasteiger partial charge in [0.2, 0.25) is 0 Å². The number of hydrogen-bond acceptors (Lipinski definition) is 3. The molecule has 1 aliphatic rings. The number of fused-ring (bicyclic) bond motifs is 1. The first-order chi connectivity index (χ1) is 12.1. The van der Waals surface area contributed by atoms with Crippen molar-refractivity contribution in [1.29, 1.82) is 0 Å². The van der Waals surface area contributed by atoms with Gasteiger partial charge in [0.25, 0.3) is 0 Å². The fraction of sp³-hybridized carbons (Fsp3) is 0.238. The third-order valence-corrected chi connectivity index (χ3v) is 5.64. The predicted octanol–water partition coefficient (Wildman–Crippen LogP) is 4.75. The number of hydrogen-bond donors (Lipinski definition) is 0. The van der Waals surface area contributed by atoms with Crippen molar-refractivity contribution in [1.82, 2.24) is 9.38 Å². The molecule has 3 aromatic rings. The summed E-state index contributed by atoms with van der Waals surface area (Å²) < 4.78 is 2.07. The Morgan fingerprint density at radius 3 is 2.60 bits per heavy atom. The lowest BCUT2D eigenvalue weighted by molar-refractivity contribution is -0.114. The maximum atomic E-state index is 12.7. The zero-order chi connectivity index (χ0) is 17.4. The molecule has 0 saturated heterocycles. The number of rotatable bonds is 4. The van der Waals surface area contributed by atoms with E-state index in [1.807, 2.05) is 6.07 Å². The van der Waals surface area contributed by atoms with Gasteiger partial charge in [-0.2, -0.15) is 0 Å². The largest absolute Gasteiger partial charge is 0.303 e. The minimum absolute atomic E-state index is 0.194. The lowest BCUT2D eigenvalue weighted by Gasteiger charge is -2.07. The normalized spacial score (nSPS) is 14.1. The Morgan fingerprint density at radius 1 is 1.12 bits per heavy atom. The average molecular weight is 348 g/mol. The van der Waals surface area contributed by atoms with Gasteiger partial charge < -0.3 is 4.40 Å². The van der Waals surface area contributed by atoms with Gasteiger partial charge in [-0.05, 0) is 31.9 Å². The quantitative estimate of drug-likeness (QED) is 0.682. The summed E-state index contributed by atoms with van der Waals surface area (Å²) in [6.45, 7) is 4.14. The molecule has 2 aromatic heterocycles. The van der Waals surface area contributed by atoms with E-state index in [2.05, 4.69) is 60.9 Å². The van der Waals surface area contributed by atoms with Crippen molar-refractivity contribution in [3.63, 3.8) is 0 Å². The van der Waals surface area contributed by atoms with Gasteiger partial charge in [0.15, 0.2) is 5.78 Å². The van der Waals surface area contributed by atoms with Crippen LogP contribution >= 0.6 is 11.8 Å². The summed E-state index contributed by atoms with van der Waals surface area (Å²) in [5, 5.41) is 0. The molecule has 0 fully saturated rings. The van der Waals surface area contributed by atoms with E-state index in [1.54, 1.807) is 11.8 Å². The molecule has 0 aliphatic carbocycles. The number of aromatic nitrogens is 2. The fourth-order valence-electron chi connectivity index (χ4n) is 3.16. The van der Waals surface area contributed by atoms with Crippen LogP contribution in [0, 0.1) is 13.8 Å². The van der Waals surface area contributed by atoms with Crippen LogP contribution in [0.3, 0.4) is 0 Å². The van der Waals surface area contributed by atoms with Crippen LogP contribution in [0.4, 0.5) is 0 Å². The number of allylic oxidation sites excluding steroid dienone is 2. The summed E-state index contributed by atoms with van der Waals surface area (Å²) in [6.07, 6.45) is 5.50. The summed E-state index contributed by atoms with van der Waals surface area (Å²) in [6, 6.07) is 12.4. The topological polar surface area (TPSA) is 34.4 Å². The van der Waals surface area contributed by atoms with Crippen LogP contribution in [0.5, 0.6) is 0 Å². The van der Waals surface area contributed by atoms with Crippen LogP contribution in [0.1, 0.15) is 23.2 Å². The highest BCUT2D eigenvalue weighted by molar-refractivity contribution is 8.04. The van der Waals surface area contributed by atoms with Crippen LogP contribution in [-0.2, 0) is 11.2 Å². The Morgan fingerprint density at radius 2 is 1.88 bits per heavy atom. The van der Waals surface area contributed by atoms with Gasteiger partial charge in [-0.15, -0.1) is 11.8 Å². The molecular weight excluding hydrogens is 328 g/mol. The van der Waals surface area contributed by atoms with Gasteiger partial charge in [-0.25, -0.2) is 4.98 Å². The van der Waals surface area contributed by atoms with Crippen LogP contribution in [0.15, 0.2) is 53.6 Å². The van der Waals surface area contributed by atoms with Crippen LogP contribution in [0.2, 0.25) is 0 Å². The number of nitrogens with zero attached hydrogens (tertiary/aromatic N) is 2. The third-order valence-electron chi connectivity index (χ3n) is 4.50. The Balaban J connectivity index is 1.83. The van der Waals surface area contributed by atoms with Crippen LogP contribution < -0.4 is 0 Å². The summed E-state index contributed by atoms with van der Waals surface area (Å²) in [7, 11) is 0. The maximum Gasteiger partial charge on any atom is 0.174 e. The smallest absolute Gasteiger partial charge is 0.174 e. The molecule has 0 atom stereocenters. The van der Waals surface area contributed by atoms with Gasteiger partial charge in [0.1, 0.15) is 5.65 Å². The number of benzene rings is 1. The van der Waals surface area contributed by atoms with E-state index in [-0.39, 0.29) is 5.78 Å². The zero-order valence-corrected chi connectivity index (χ0v) is 15.3. The molecule has 0 unspecified atom stereocenters. The molecular formula is C21H20N2OS. The average Bonchev–Trinajstić information content (AvgIpc) is 3.24. The van der Waals surface area contributed by atoms with Crippen molar-refractivity contribution < 1.29 is 4.79 Å². The standard InChI is InChI=1S/C21H20N2OS/c1-14-5-8-16(9-6-14)21-17(12-18(24)19-4-3-11-25-19)23-13-15(2)7-10-20(23)22-21/h4-10,13H,3,11-12H2,1-2H3. The number of aryl methyl sites for hydroxylation is 2. The first-order valence-corrected chi connectivity index (χ1v) is 9.51. The molecule has 1 aromatic carbocycles. The highest BCUT2D eigenvalue weighted by Crippen LogP contribution is 2.30. The maximum absolute atomic E-state index is 12.7. The monoisotopic (exact) mass is 348 g/mol. The van der Waals surface area contributed by atoms with Crippen LogP contribution in [0.25, 0.3) is 16.9 Å². The Hall–Kier alpha value is -2.33. The van der Waals surface area contributed by atoms with Gasteiger partial charge in [0.05, 0.1) is 17.8 Å². The van der Waals surface area contributed by atoms with Crippen molar-refractivity contribution in [2.75, 3.05) is 5.75 Å². The summed E-state index contributed by atoms with van der Waals surface area (Å²) in [5.74, 6) is 1.21. The molecule has 0 spiro atoms. The molecule has 3 nitrogen and oxygen atoms in total. The fourth-order valence-corrected chi connectivity index (χ4v) is 4.09. The molecule has 3 heterocycles. The van der Waals surface area contributed by atoms with Gasteiger partial charge in [-0.1, -0.05) is 42.0 Å². The lowest BCUT2D eigenvalue weighted by atomic mass is 10.1. The number of carbonyl (C=O) groups is 1. The highest BCUT2D eigenvalue weighted by atomic mass is 32.2. The SMILES string of the molecule is Cc1ccc(-c2nc3ccc(C)cn3c2CC(=O)C2=CCCS2)cc1. The summed E-state index contributed by atoms with van der Waals surface area (Å²) >= 11 is 1.67. The second-order valence-corrected chi connectivity index (χ2v) is 7.65. The first kappa shape index (κ1) is 16.2. The summed E-state index contributed by atoms with van der Waals surface area (Å²) in [5.41, 5.74) is 6.19. The van der Waals surface area contributed by atoms with Crippen molar-refractivity contribution in [2.45, 2.75) is 26.7 Å². The van der Waals surface area contributed by atoms with E-state index in [0.29, 0.717) is 6.42 Å². The van der Waals surface area contributed by atoms with E-state index in [4.69, 9.17) is 4.98 Å². The molecule has 25 heavy (non-hydrogen) atoms. The summed E-state index contributed by atoms with van der Waals surface area (Å²) in [4.78, 5) is 18.5. The zero-order valence-electron chi connectivity index (χ0n) is 14.5.